The molecule has 39 heavy (non-hydrogen) atoms. The van der Waals surface area contributed by atoms with Crippen molar-refractivity contribution in [2.75, 3.05) is 13.7 Å². The van der Waals surface area contributed by atoms with Crippen LogP contribution in [0.3, 0.4) is 0 Å². The Morgan fingerprint density at radius 1 is 0.744 bits per heavy atom. The topological polar surface area (TPSA) is 90.6 Å². The van der Waals surface area contributed by atoms with Crippen LogP contribution >= 0.6 is 11.6 Å². The lowest BCUT2D eigenvalue weighted by molar-refractivity contribution is 0.0921. The number of halogens is 1. The van der Waals surface area contributed by atoms with Gasteiger partial charge in [0.25, 0.3) is 0 Å². The zero-order valence-corrected chi connectivity index (χ0v) is 24.6. The summed E-state index contributed by atoms with van der Waals surface area (Å²) in [6.45, 7) is 2.90. The summed E-state index contributed by atoms with van der Waals surface area (Å²) in [4.78, 5) is 23.1. The molecule has 0 aliphatic heterocycles. The number of primary amides is 1. The third-order valence-corrected chi connectivity index (χ3v) is 7.46. The molecule has 0 fully saturated rings. The number of Topliss-reactive ketones (excluding diaryl/α,β-unsaturated/α-hetero) is 1. The zero-order chi connectivity index (χ0) is 28.3. The van der Waals surface area contributed by atoms with Gasteiger partial charge >= 0.3 is 6.03 Å². The van der Waals surface area contributed by atoms with Gasteiger partial charge in [0.05, 0.1) is 13.7 Å². The largest absolute Gasteiger partial charge is 0.497 e. The van der Waals surface area contributed by atoms with Gasteiger partial charge in [-0.2, -0.15) is 0 Å². The van der Waals surface area contributed by atoms with E-state index in [1.54, 1.807) is 55.6 Å². The molecule has 1 atom stereocenters. The van der Waals surface area contributed by atoms with Crippen LogP contribution in [0.4, 0.5) is 4.79 Å². The summed E-state index contributed by atoms with van der Waals surface area (Å²) in [5.41, 5.74) is 6.06. The third-order valence-electron chi connectivity index (χ3n) is 6.98. The van der Waals surface area contributed by atoms with Crippen LogP contribution < -0.4 is 20.5 Å². The fraction of sp³-hybridized carbons (Fsp3) is 0.562. The van der Waals surface area contributed by atoms with E-state index in [1.165, 1.54) is 77.0 Å². The molecule has 1 unspecified atom stereocenters. The van der Waals surface area contributed by atoms with E-state index in [4.69, 9.17) is 26.8 Å². The van der Waals surface area contributed by atoms with Gasteiger partial charge in [0.2, 0.25) is 10.8 Å². The SMILES string of the molecule is CCCCCCCCCCCCCCCCOc1ccc(C(Cl)(NC(N)=O)C(=O)c2ccc(OC)cc2)cc1. The Hall–Kier alpha value is -2.73. The number of hydrogen-bond donors (Lipinski definition) is 2. The van der Waals surface area contributed by atoms with E-state index in [0.29, 0.717) is 29.2 Å². The summed E-state index contributed by atoms with van der Waals surface area (Å²) in [5, 5.41) is 2.40. The van der Waals surface area contributed by atoms with E-state index >= 15 is 0 Å². The van der Waals surface area contributed by atoms with Crippen LogP contribution in [0.25, 0.3) is 0 Å². The number of methoxy groups -OCH3 is 1. The molecule has 0 bridgehead atoms. The second-order valence-electron chi connectivity index (χ2n) is 10.2. The molecule has 2 aromatic carbocycles. The standard InChI is InChI=1S/C32H47ClN2O4/c1-3-4-5-6-7-8-9-10-11-12-13-14-15-16-25-39-29-23-19-27(20-24-29)32(33,35-31(34)37)30(36)26-17-21-28(38-2)22-18-26/h17-24H,3-16,25H2,1-2H3,(H3,34,35,37). The second-order valence-corrected chi connectivity index (χ2v) is 10.7. The number of ether oxygens (including phenoxy) is 2. The van der Waals surface area contributed by atoms with Crippen molar-refractivity contribution >= 4 is 23.4 Å². The minimum Gasteiger partial charge on any atom is -0.497 e. The summed E-state index contributed by atoms with van der Waals surface area (Å²) < 4.78 is 11.0. The Balaban J connectivity index is 1.70. The van der Waals surface area contributed by atoms with Crippen molar-refractivity contribution in [2.45, 2.75) is 102 Å². The van der Waals surface area contributed by atoms with Gasteiger partial charge in [0.15, 0.2) is 0 Å². The smallest absolute Gasteiger partial charge is 0.314 e. The number of urea groups is 1. The number of rotatable bonds is 21. The molecule has 0 saturated carbocycles. The first-order valence-corrected chi connectivity index (χ1v) is 15.0. The molecule has 216 valence electrons. The van der Waals surface area contributed by atoms with Gasteiger partial charge < -0.3 is 20.5 Å². The summed E-state index contributed by atoms with van der Waals surface area (Å²) in [6.07, 6.45) is 18.4. The monoisotopic (exact) mass is 558 g/mol. The number of carbonyl (C=O) groups is 2. The number of benzene rings is 2. The predicted octanol–water partition coefficient (Wildman–Crippen LogP) is 8.50. The van der Waals surface area contributed by atoms with Crippen LogP contribution in [-0.2, 0) is 5.00 Å². The van der Waals surface area contributed by atoms with Gasteiger partial charge in [-0.1, -0.05) is 114 Å². The van der Waals surface area contributed by atoms with E-state index < -0.39 is 16.8 Å². The van der Waals surface area contributed by atoms with E-state index in [1.807, 2.05) is 0 Å². The maximum Gasteiger partial charge on any atom is 0.314 e. The van der Waals surface area contributed by atoms with Crippen molar-refractivity contribution in [3.05, 3.63) is 59.7 Å². The molecule has 2 rings (SSSR count). The lowest BCUT2D eigenvalue weighted by Crippen LogP contribution is -2.49. The molecule has 2 aromatic rings. The second kappa shape index (κ2) is 18.5. The van der Waals surface area contributed by atoms with Gasteiger partial charge in [-0.25, -0.2) is 4.79 Å². The molecule has 6 nitrogen and oxygen atoms in total. The van der Waals surface area contributed by atoms with Gasteiger partial charge in [0, 0.05) is 11.1 Å². The molecule has 0 heterocycles. The Labute approximate surface area is 240 Å². The zero-order valence-electron chi connectivity index (χ0n) is 23.8. The van der Waals surface area contributed by atoms with Crippen LogP contribution in [0.5, 0.6) is 11.5 Å². The number of unbranched alkanes of at least 4 members (excludes halogenated alkanes) is 13. The quantitative estimate of drug-likeness (QED) is 0.0695. The number of alkyl halides is 1. The average molecular weight is 559 g/mol. The first-order chi connectivity index (χ1) is 18.9. The maximum absolute atomic E-state index is 13.2. The lowest BCUT2D eigenvalue weighted by atomic mass is 9.96. The van der Waals surface area contributed by atoms with Gasteiger partial charge in [-0.3, -0.25) is 4.79 Å². The number of amides is 2. The molecule has 0 aliphatic rings. The molecule has 3 N–H and O–H groups in total. The normalized spacial score (nSPS) is 12.5. The number of carbonyl (C=O) groups excluding carboxylic acids is 2. The van der Waals surface area contributed by atoms with Crippen molar-refractivity contribution in [1.82, 2.24) is 5.32 Å². The Morgan fingerprint density at radius 3 is 1.67 bits per heavy atom. The van der Waals surface area contributed by atoms with Crippen LogP contribution in [-0.4, -0.2) is 25.5 Å². The highest BCUT2D eigenvalue weighted by atomic mass is 35.5. The summed E-state index contributed by atoms with van der Waals surface area (Å²) in [7, 11) is 1.54. The predicted molar refractivity (Wildman–Crippen MR) is 160 cm³/mol. The Kier molecular flexibility index (Phi) is 15.4. The van der Waals surface area contributed by atoms with Crippen LogP contribution in [0.2, 0.25) is 0 Å². The minimum absolute atomic E-state index is 0.317. The van der Waals surface area contributed by atoms with Crippen LogP contribution in [0.15, 0.2) is 48.5 Å². The molecular weight excluding hydrogens is 512 g/mol. The molecule has 0 radical (unpaired) electrons. The first kappa shape index (κ1) is 32.5. The number of hydrogen-bond acceptors (Lipinski definition) is 4. The fourth-order valence-corrected chi connectivity index (χ4v) is 4.97. The molecule has 0 spiro atoms. The van der Waals surface area contributed by atoms with E-state index in [2.05, 4.69) is 12.2 Å². The molecular formula is C32H47ClN2O4. The average Bonchev–Trinajstić information content (AvgIpc) is 2.94. The maximum atomic E-state index is 13.2. The van der Waals surface area contributed by atoms with Gasteiger partial charge in [-0.05, 0) is 42.8 Å². The number of nitrogens with one attached hydrogen (secondary N) is 1. The van der Waals surface area contributed by atoms with E-state index in [-0.39, 0.29) is 0 Å². The lowest BCUT2D eigenvalue weighted by Gasteiger charge is -2.27. The molecule has 0 aliphatic carbocycles. The van der Waals surface area contributed by atoms with E-state index in [9.17, 15) is 9.59 Å². The Morgan fingerprint density at radius 2 is 1.21 bits per heavy atom. The minimum atomic E-state index is -1.84. The Bertz CT molecular complexity index is 965. The highest BCUT2D eigenvalue weighted by Crippen LogP contribution is 2.32. The highest BCUT2D eigenvalue weighted by molar-refractivity contribution is 6.38. The van der Waals surface area contributed by atoms with Crippen molar-refractivity contribution in [2.24, 2.45) is 5.73 Å². The molecule has 7 heteroatoms. The summed E-state index contributed by atoms with van der Waals surface area (Å²) in [6, 6.07) is 12.4. The number of nitrogens with two attached hydrogens (primary N) is 1. The van der Waals surface area contributed by atoms with Gasteiger partial charge in [-0.15, -0.1) is 0 Å². The van der Waals surface area contributed by atoms with Crippen molar-refractivity contribution in [3.63, 3.8) is 0 Å². The number of ketones is 1. The van der Waals surface area contributed by atoms with Crippen molar-refractivity contribution < 1.29 is 19.1 Å². The molecule has 2 amide bonds. The van der Waals surface area contributed by atoms with Crippen molar-refractivity contribution in [1.29, 1.82) is 0 Å². The van der Waals surface area contributed by atoms with Gasteiger partial charge in [0.1, 0.15) is 11.5 Å². The fourth-order valence-electron chi connectivity index (χ4n) is 4.64. The summed E-state index contributed by atoms with van der Waals surface area (Å²) in [5.74, 6) is 0.792. The van der Waals surface area contributed by atoms with Crippen LogP contribution in [0.1, 0.15) is 113 Å². The highest BCUT2D eigenvalue weighted by Gasteiger charge is 2.40. The third kappa shape index (κ3) is 11.9. The molecule has 0 aromatic heterocycles. The summed E-state index contributed by atoms with van der Waals surface area (Å²) >= 11 is 6.68. The first-order valence-electron chi connectivity index (χ1n) is 14.6. The molecule has 0 saturated heterocycles. The van der Waals surface area contributed by atoms with Crippen LogP contribution in [0, 0.1) is 0 Å². The van der Waals surface area contributed by atoms with E-state index in [0.717, 1.165) is 12.8 Å². The van der Waals surface area contributed by atoms with Crippen molar-refractivity contribution in [3.8, 4) is 11.5 Å².